The molecule has 0 radical (unpaired) electrons. The minimum atomic E-state index is 0.345. The van der Waals surface area contributed by atoms with Gasteiger partial charge >= 0.3 is 0 Å². The lowest BCUT2D eigenvalue weighted by Crippen LogP contribution is -2.08. The predicted molar refractivity (Wildman–Crippen MR) is 79.7 cm³/mol. The maximum atomic E-state index is 6.01. The van der Waals surface area contributed by atoms with Gasteiger partial charge in [-0.3, -0.25) is 0 Å². The fraction of sp³-hybridized carbons (Fsp3) is 0.0833. The molecule has 3 aromatic rings. The summed E-state index contributed by atoms with van der Waals surface area (Å²) in [5.74, 6) is 1.18. The van der Waals surface area contributed by atoms with Crippen LogP contribution in [0, 0.1) is 0 Å². The van der Waals surface area contributed by atoms with Crippen molar-refractivity contribution < 1.29 is 0 Å². The molecule has 0 aliphatic carbocycles. The Hall–Kier alpha value is -2.25. The first kappa shape index (κ1) is 13.7. The van der Waals surface area contributed by atoms with Gasteiger partial charge in [-0.25, -0.2) is 4.98 Å². The molecule has 0 unspecified atom stereocenters. The van der Waals surface area contributed by atoms with Crippen molar-refractivity contribution in [2.45, 2.75) is 0 Å². The quantitative estimate of drug-likeness (QED) is 0.798. The molecule has 2 aromatic heterocycles. The highest BCUT2D eigenvalue weighted by Crippen LogP contribution is 2.25. The van der Waals surface area contributed by atoms with E-state index in [1.54, 1.807) is 25.2 Å². The lowest BCUT2D eigenvalue weighted by atomic mass is 10.2. The summed E-state index contributed by atoms with van der Waals surface area (Å²) >= 11 is 12.0. The second kappa shape index (κ2) is 5.63. The Morgan fingerprint density at radius 2 is 1.81 bits per heavy atom. The van der Waals surface area contributed by atoms with Gasteiger partial charge in [0.25, 0.3) is 5.95 Å². The van der Waals surface area contributed by atoms with Crippen LogP contribution in [0.5, 0.6) is 0 Å². The van der Waals surface area contributed by atoms with Gasteiger partial charge < -0.3 is 5.32 Å². The molecule has 1 aromatic carbocycles. The van der Waals surface area contributed by atoms with Crippen LogP contribution in [0.15, 0.2) is 30.9 Å². The Morgan fingerprint density at radius 1 is 1.05 bits per heavy atom. The van der Waals surface area contributed by atoms with Crippen molar-refractivity contribution in [1.29, 1.82) is 0 Å². The number of rotatable bonds is 3. The SMILES string of the molecule is CNc1nc(-c2cc(Cl)cc(Cl)c2)nc(-n2cncn2)n1. The first-order valence-electron chi connectivity index (χ1n) is 5.91. The molecular formula is C12H9Cl2N7. The third-order valence-electron chi connectivity index (χ3n) is 2.59. The summed E-state index contributed by atoms with van der Waals surface area (Å²) in [6.07, 6.45) is 2.91. The van der Waals surface area contributed by atoms with Crippen LogP contribution in [-0.2, 0) is 0 Å². The molecule has 9 heteroatoms. The summed E-state index contributed by atoms with van der Waals surface area (Å²) in [6, 6.07) is 5.10. The number of aromatic nitrogens is 6. The topological polar surface area (TPSA) is 81.4 Å². The van der Waals surface area contributed by atoms with E-state index in [0.29, 0.717) is 33.3 Å². The number of halogens is 2. The van der Waals surface area contributed by atoms with Crippen LogP contribution >= 0.6 is 23.2 Å². The molecule has 0 atom stereocenters. The minimum absolute atomic E-state index is 0.345. The van der Waals surface area contributed by atoms with E-state index < -0.39 is 0 Å². The maximum absolute atomic E-state index is 6.01. The number of anilines is 1. The molecule has 0 spiro atoms. The van der Waals surface area contributed by atoms with E-state index in [4.69, 9.17) is 23.2 Å². The third kappa shape index (κ3) is 2.93. The fourth-order valence-corrected chi connectivity index (χ4v) is 2.23. The molecule has 106 valence electrons. The minimum Gasteiger partial charge on any atom is -0.357 e. The number of hydrogen-bond acceptors (Lipinski definition) is 6. The molecule has 0 fully saturated rings. The summed E-state index contributed by atoms with van der Waals surface area (Å²) in [7, 11) is 1.72. The first-order chi connectivity index (χ1) is 10.2. The molecule has 3 rings (SSSR count). The normalized spacial score (nSPS) is 10.6. The second-order valence-corrected chi connectivity index (χ2v) is 4.90. The van der Waals surface area contributed by atoms with E-state index in [2.05, 4.69) is 30.4 Å². The van der Waals surface area contributed by atoms with Crippen molar-refractivity contribution >= 4 is 29.2 Å². The first-order valence-corrected chi connectivity index (χ1v) is 6.66. The average molecular weight is 322 g/mol. The van der Waals surface area contributed by atoms with Crippen molar-refractivity contribution in [1.82, 2.24) is 29.7 Å². The number of nitrogens with zero attached hydrogens (tertiary/aromatic N) is 6. The molecule has 7 nitrogen and oxygen atoms in total. The zero-order valence-corrected chi connectivity index (χ0v) is 12.3. The Labute approximate surface area is 130 Å². The molecule has 0 saturated heterocycles. The molecule has 2 heterocycles. The van der Waals surface area contributed by atoms with Crippen LogP contribution in [-0.4, -0.2) is 36.8 Å². The lowest BCUT2D eigenvalue weighted by Gasteiger charge is -2.07. The third-order valence-corrected chi connectivity index (χ3v) is 3.03. The molecule has 1 N–H and O–H groups in total. The van der Waals surface area contributed by atoms with Crippen LogP contribution in [0.4, 0.5) is 5.95 Å². The van der Waals surface area contributed by atoms with Crippen LogP contribution in [0.1, 0.15) is 0 Å². The van der Waals surface area contributed by atoms with Crippen LogP contribution in [0.2, 0.25) is 10.0 Å². The highest BCUT2D eigenvalue weighted by molar-refractivity contribution is 6.35. The van der Waals surface area contributed by atoms with E-state index in [1.165, 1.54) is 17.3 Å². The van der Waals surface area contributed by atoms with E-state index >= 15 is 0 Å². The number of benzene rings is 1. The van der Waals surface area contributed by atoms with E-state index in [9.17, 15) is 0 Å². The largest absolute Gasteiger partial charge is 0.357 e. The van der Waals surface area contributed by atoms with Crippen LogP contribution in [0.25, 0.3) is 17.3 Å². The van der Waals surface area contributed by atoms with E-state index in [0.717, 1.165) is 0 Å². The van der Waals surface area contributed by atoms with Gasteiger partial charge in [0, 0.05) is 22.7 Å². The highest BCUT2D eigenvalue weighted by atomic mass is 35.5. The van der Waals surface area contributed by atoms with E-state index in [-0.39, 0.29) is 0 Å². The maximum Gasteiger partial charge on any atom is 0.257 e. The fourth-order valence-electron chi connectivity index (χ4n) is 1.70. The van der Waals surface area contributed by atoms with Crippen molar-refractivity contribution in [3.05, 3.63) is 40.9 Å². The Bertz CT molecular complexity index is 753. The summed E-state index contributed by atoms with van der Waals surface area (Å²) in [5.41, 5.74) is 0.688. The second-order valence-electron chi connectivity index (χ2n) is 4.03. The van der Waals surface area contributed by atoms with Gasteiger partial charge in [-0.2, -0.15) is 24.7 Å². The standard InChI is InChI=1S/C12H9Cl2N7/c1-15-11-18-10(7-2-8(13)4-9(14)3-7)19-12(20-11)21-6-16-5-17-21/h2-6H,1H3,(H,15,18,19,20). The van der Waals surface area contributed by atoms with Gasteiger partial charge in [0.1, 0.15) is 12.7 Å². The molecule has 0 aliphatic rings. The Morgan fingerprint density at radius 3 is 2.43 bits per heavy atom. The molecular weight excluding hydrogens is 313 g/mol. The highest BCUT2D eigenvalue weighted by Gasteiger charge is 2.11. The van der Waals surface area contributed by atoms with E-state index in [1.807, 2.05) is 0 Å². The lowest BCUT2D eigenvalue weighted by molar-refractivity contribution is 0.798. The van der Waals surface area contributed by atoms with Gasteiger partial charge in [-0.15, -0.1) is 0 Å². The summed E-state index contributed by atoms with van der Waals surface area (Å²) in [5, 5.41) is 7.90. The van der Waals surface area contributed by atoms with Crippen molar-refractivity contribution in [3.8, 4) is 17.3 Å². The molecule has 0 bridgehead atoms. The summed E-state index contributed by atoms with van der Waals surface area (Å²) in [4.78, 5) is 16.8. The van der Waals surface area contributed by atoms with Crippen molar-refractivity contribution in [2.75, 3.05) is 12.4 Å². The smallest absolute Gasteiger partial charge is 0.257 e. The van der Waals surface area contributed by atoms with Gasteiger partial charge in [0.05, 0.1) is 0 Å². The van der Waals surface area contributed by atoms with Crippen molar-refractivity contribution in [3.63, 3.8) is 0 Å². The van der Waals surface area contributed by atoms with Gasteiger partial charge in [-0.1, -0.05) is 23.2 Å². The van der Waals surface area contributed by atoms with Crippen molar-refractivity contribution in [2.24, 2.45) is 0 Å². The average Bonchev–Trinajstić information content (AvgIpc) is 3.00. The molecule has 0 amide bonds. The Kier molecular flexibility index (Phi) is 3.68. The summed E-state index contributed by atoms with van der Waals surface area (Å²) in [6.45, 7) is 0. The number of nitrogens with one attached hydrogen (secondary N) is 1. The predicted octanol–water partition coefficient (Wildman–Crippen LogP) is 2.47. The molecule has 0 aliphatic heterocycles. The van der Waals surface area contributed by atoms with Crippen LogP contribution in [0.3, 0.4) is 0 Å². The monoisotopic (exact) mass is 321 g/mol. The van der Waals surface area contributed by atoms with Gasteiger partial charge in [0.2, 0.25) is 5.95 Å². The Balaban J connectivity index is 2.15. The van der Waals surface area contributed by atoms with Gasteiger partial charge in [0.15, 0.2) is 5.82 Å². The molecule has 0 saturated carbocycles. The zero-order chi connectivity index (χ0) is 14.8. The van der Waals surface area contributed by atoms with Gasteiger partial charge in [-0.05, 0) is 18.2 Å². The summed E-state index contributed by atoms with van der Waals surface area (Å²) < 4.78 is 1.44. The zero-order valence-electron chi connectivity index (χ0n) is 10.8. The molecule has 21 heavy (non-hydrogen) atoms. The number of hydrogen-bond donors (Lipinski definition) is 1. The van der Waals surface area contributed by atoms with Crippen LogP contribution < -0.4 is 5.32 Å².